The summed E-state index contributed by atoms with van der Waals surface area (Å²) in [4.78, 5) is 25.2. The van der Waals surface area contributed by atoms with E-state index in [-0.39, 0.29) is 25.8 Å². The molecule has 0 saturated carbocycles. The van der Waals surface area contributed by atoms with Gasteiger partial charge in [-0.05, 0) is 44.9 Å². The van der Waals surface area contributed by atoms with Crippen molar-refractivity contribution in [1.82, 2.24) is 0 Å². The normalized spacial score (nSPS) is 13.7. The first-order chi connectivity index (χ1) is 31.1. The number of ether oxygens (including phenoxy) is 2. The van der Waals surface area contributed by atoms with Crippen LogP contribution in [0.3, 0.4) is 0 Å². The summed E-state index contributed by atoms with van der Waals surface area (Å²) >= 11 is 0. The number of carbonyl (C=O) groups is 1. The van der Waals surface area contributed by atoms with E-state index >= 15 is 0 Å². The van der Waals surface area contributed by atoms with Gasteiger partial charge in [-0.2, -0.15) is 0 Å². The van der Waals surface area contributed by atoms with Gasteiger partial charge in [0.1, 0.15) is 19.3 Å². The Labute approximate surface area is 398 Å². The smallest absolute Gasteiger partial charge is 0.306 e. The molecule has 0 spiro atoms. The van der Waals surface area contributed by atoms with Gasteiger partial charge in [0.2, 0.25) is 0 Å². The summed E-state index contributed by atoms with van der Waals surface area (Å²) in [6.45, 7) is 5.44. The molecule has 0 saturated heterocycles. The van der Waals surface area contributed by atoms with Crippen LogP contribution >= 0.6 is 7.82 Å². The molecule has 2 atom stereocenters. The molecule has 0 fully saturated rings. The van der Waals surface area contributed by atoms with Crippen LogP contribution in [0.5, 0.6) is 0 Å². The second kappa shape index (κ2) is 48.4. The van der Waals surface area contributed by atoms with E-state index in [1.807, 2.05) is 21.1 Å². The molecule has 0 amide bonds. The van der Waals surface area contributed by atoms with E-state index in [0.29, 0.717) is 24.1 Å². The predicted molar refractivity (Wildman–Crippen MR) is 273 cm³/mol. The average Bonchev–Trinajstić information content (AvgIpc) is 3.25. The molecule has 0 radical (unpaired) electrons. The van der Waals surface area contributed by atoms with Crippen LogP contribution in [0.4, 0.5) is 0 Å². The van der Waals surface area contributed by atoms with Gasteiger partial charge in [-0.25, -0.2) is 0 Å². The first kappa shape index (κ1) is 63.0. The fourth-order valence-electron chi connectivity index (χ4n) is 7.99. The number of rotatable bonds is 52. The molecular weight excluding hydrogens is 818 g/mol. The number of carbonyl (C=O) groups excluding carboxylic acids is 1. The van der Waals surface area contributed by atoms with Crippen LogP contribution in [0.1, 0.15) is 264 Å². The highest BCUT2D eigenvalue weighted by Crippen LogP contribution is 2.38. The zero-order valence-corrected chi connectivity index (χ0v) is 44.1. The molecule has 380 valence electrons. The summed E-state index contributed by atoms with van der Waals surface area (Å²) in [6, 6.07) is 0. The average molecular weight is 926 g/mol. The second-order valence-corrected chi connectivity index (χ2v) is 21.4. The molecule has 64 heavy (non-hydrogen) atoms. The van der Waals surface area contributed by atoms with Crippen molar-refractivity contribution in [2.45, 2.75) is 270 Å². The molecule has 0 aliphatic heterocycles. The van der Waals surface area contributed by atoms with E-state index in [0.717, 1.165) is 38.5 Å². The van der Waals surface area contributed by atoms with Gasteiger partial charge in [0.05, 0.1) is 34.4 Å². The molecule has 8 nitrogen and oxygen atoms in total. The molecule has 0 aromatic heterocycles. The maximum Gasteiger partial charge on any atom is 0.306 e. The summed E-state index contributed by atoms with van der Waals surface area (Å²) in [7, 11) is 1.37. The van der Waals surface area contributed by atoms with Gasteiger partial charge in [-0.15, -0.1) is 0 Å². The topological polar surface area (TPSA) is 94.1 Å². The van der Waals surface area contributed by atoms with E-state index in [1.54, 1.807) is 0 Å². The standard InChI is InChI=1S/C55H108NO7P/c1-6-8-10-12-14-16-18-20-22-24-26-27-28-29-30-32-34-36-38-40-42-44-46-48-55(57)63-54(53-62-64(58,59)61-51-49-56(3,4)5)52-60-50-47-45-43-41-39-37-35-33-31-25-23-21-19-17-15-13-11-9-7-2/h17,19,23,25,54H,6-16,18,20-22,24,26-53H2,1-5H3/b19-17-,25-23-. The maximum atomic E-state index is 12.8. The molecule has 0 heterocycles. The Bertz CT molecular complexity index is 1080. The third-order valence-electron chi connectivity index (χ3n) is 12.3. The number of likely N-dealkylation sites (N-methyl/N-ethyl adjacent to an activating group) is 1. The van der Waals surface area contributed by atoms with Gasteiger partial charge >= 0.3 is 5.97 Å². The van der Waals surface area contributed by atoms with E-state index in [2.05, 4.69) is 38.2 Å². The highest BCUT2D eigenvalue weighted by Gasteiger charge is 2.20. The lowest BCUT2D eigenvalue weighted by atomic mass is 10.0. The van der Waals surface area contributed by atoms with Gasteiger partial charge < -0.3 is 27.9 Å². The maximum absolute atomic E-state index is 12.8. The van der Waals surface area contributed by atoms with Crippen molar-refractivity contribution in [1.29, 1.82) is 0 Å². The number of unbranched alkanes of at least 4 members (excludes halogenated alkanes) is 34. The zero-order chi connectivity index (χ0) is 46.9. The van der Waals surface area contributed by atoms with Crippen molar-refractivity contribution < 1.29 is 37.3 Å². The molecule has 0 N–H and O–H groups in total. The Kier molecular flexibility index (Phi) is 47.7. The Morgan fingerprint density at radius 2 is 0.859 bits per heavy atom. The summed E-state index contributed by atoms with van der Waals surface area (Å²) in [5.74, 6) is -0.330. The van der Waals surface area contributed by atoms with Crippen LogP contribution in [0.25, 0.3) is 0 Å². The minimum atomic E-state index is -4.53. The summed E-state index contributed by atoms with van der Waals surface area (Å²) in [6.07, 6.45) is 57.8. The number of phosphoric acid groups is 1. The third-order valence-corrected chi connectivity index (χ3v) is 13.2. The third kappa shape index (κ3) is 52.0. The van der Waals surface area contributed by atoms with Gasteiger partial charge in [0.25, 0.3) is 7.82 Å². The highest BCUT2D eigenvalue weighted by atomic mass is 31.2. The monoisotopic (exact) mass is 926 g/mol. The molecular formula is C55H108NO7P. The number of allylic oxidation sites excluding steroid dienone is 4. The minimum Gasteiger partial charge on any atom is -0.756 e. The van der Waals surface area contributed by atoms with Crippen LogP contribution < -0.4 is 4.89 Å². The SMILES string of the molecule is CCCCCC/C=C\C/C=C\CCCCCCCCCCOCC(COP(=O)([O-])OCC[N+](C)(C)C)OC(=O)CCCCCCCCCCCCCCCCCCCCCCCCC. The van der Waals surface area contributed by atoms with E-state index in [1.165, 1.54) is 205 Å². The first-order valence-corrected chi connectivity index (χ1v) is 29.0. The number of hydrogen-bond acceptors (Lipinski definition) is 7. The number of esters is 1. The lowest BCUT2D eigenvalue weighted by Crippen LogP contribution is -2.37. The number of phosphoric ester groups is 1. The Morgan fingerprint density at radius 1 is 0.484 bits per heavy atom. The first-order valence-electron chi connectivity index (χ1n) is 27.6. The molecule has 0 aliphatic rings. The van der Waals surface area contributed by atoms with Crippen molar-refractivity contribution >= 4 is 13.8 Å². The van der Waals surface area contributed by atoms with Gasteiger partial charge in [-0.1, -0.05) is 237 Å². The molecule has 9 heteroatoms. The van der Waals surface area contributed by atoms with Crippen LogP contribution in [0.2, 0.25) is 0 Å². The van der Waals surface area contributed by atoms with Crippen LogP contribution in [-0.2, 0) is 27.9 Å². The van der Waals surface area contributed by atoms with E-state index in [4.69, 9.17) is 18.5 Å². The predicted octanol–water partition coefficient (Wildman–Crippen LogP) is 16.5. The van der Waals surface area contributed by atoms with E-state index < -0.39 is 13.9 Å². The summed E-state index contributed by atoms with van der Waals surface area (Å²) in [5, 5.41) is 0. The molecule has 0 aliphatic carbocycles. The Hall–Kier alpha value is -1.02. The van der Waals surface area contributed by atoms with Crippen LogP contribution in [0.15, 0.2) is 24.3 Å². The van der Waals surface area contributed by atoms with Gasteiger partial charge in [0.15, 0.2) is 0 Å². The Balaban J connectivity index is 4.07. The molecule has 2 unspecified atom stereocenters. The fraction of sp³-hybridized carbons (Fsp3) is 0.909. The highest BCUT2D eigenvalue weighted by molar-refractivity contribution is 7.45. The molecule has 0 bridgehead atoms. The van der Waals surface area contributed by atoms with Crippen molar-refractivity contribution in [2.24, 2.45) is 0 Å². The van der Waals surface area contributed by atoms with E-state index in [9.17, 15) is 14.3 Å². The van der Waals surface area contributed by atoms with Crippen molar-refractivity contribution in [3.63, 3.8) is 0 Å². The quantitative estimate of drug-likeness (QED) is 0.0197. The molecule has 0 rings (SSSR count). The number of hydrogen-bond donors (Lipinski definition) is 0. The lowest BCUT2D eigenvalue weighted by molar-refractivity contribution is -0.870. The van der Waals surface area contributed by atoms with Crippen molar-refractivity contribution in [3.05, 3.63) is 24.3 Å². The van der Waals surface area contributed by atoms with Crippen molar-refractivity contribution in [2.75, 3.05) is 54.1 Å². The number of quaternary nitrogens is 1. The van der Waals surface area contributed by atoms with Crippen LogP contribution in [0, 0.1) is 0 Å². The lowest BCUT2D eigenvalue weighted by Gasteiger charge is -2.28. The Morgan fingerprint density at radius 3 is 1.28 bits per heavy atom. The fourth-order valence-corrected chi connectivity index (χ4v) is 8.72. The van der Waals surface area contributed by atoms with Crippen molar-refractivity contribution in [3.8, 4) is 0 Å². The van der Waals surface area contributed by atoms with Gasteiger partial charge in [0, 0.05) is 13.0 Å². The van der Waals surface area contributed by atoms with Crippen LogP contribution in [-0.4, -0.2) is 70.7 Å². The summed E-state index contributed by atoms with van der Waals surface area (Å²) in [5.41, 5.74) is 0. The molecule has 0 aromatic carbocycles. The number of nitrogens with zero attached hydrogens (tertiary/aromatic N) is 1. The minimum absolute atomic E-state index is 0.0273. The largest absolute Gasteiger partial charge is 0.756 e. The zero-order valence-electron chi connectivity index (χ0n) is 43.3. The van der Waals surface area contributed by atoms with Gasteiger partial charge in [-0.3, -0.25) is 9.36 Å². The second-order valence-electron chi connectivity index (χ2n) is 20.0. The molecule has 0 aromatic rings. The summed E-state index contributed by atoms with van der Waals surface area (Å²) < 4.78 is 34.8.